The van der Waals surface area contributed by atoms with Gasteiger partial charge in [0.25, 0.3) is 0 Å². The van der Waals surface area contributed by atoms with E-state index in [1.54, 1.807) is 25.3 Å². The third-order valence-electron chi connectivity index (χ3n) is 2.88. The van der Waals surface area contributed by atoms with Crippen LogP contribution in [0.1, 0.15) is 28.4 Å². The van der Waals surface area contributed by atoms with Crippen LogP contribution in [0.3, 0.4) is 0 Å². The summed E-state index contributed by atoms with van der Waals surface area (Å²) < 4.78 is 5.02. The monoisotopic (exact) mass is 270 g/mol. The first-order valence-corrected chi connectivity index (χ1v) is 6.62. The molecule has 1 N–H and O–H groups in total. The number of carbonyl (C=O) groups excluding carboxylic acids is 1. The molecule has 0 aliphatic heterocycles. The van der Waals surface area contributed by atoms with Gasteiger partial charge in [0.15, 0.2) is 0 Å². The molecular weight excluding hydrogens is 252 g/mol. The number of pyridine rings is 1. The molecule has 0 amide bonds. The van der Waals surface area contributed by atoms with E-state index in [0.29, 0.717) is 24.5 Å². The van der Waals surface area contributed by atoms with Gasteiger partial charge in [0.1, 0.15) is 11.4 Å². The minimum absolute atomic E-state index is 0.352. The smallest absolute Gasteiger partial charge is 0.341 e. The second kappa shape index (κ2) is 6.70. The Bertz CT molecular complexity index is 579. The Morgan fingerprint density at radius 1 is 1.25 bits per heavy atom. The van der Waals surface area contributed by atoms with E-state index >= 15 is 0 Å². The minimum Gasteiger partial charge on any atom is -0.462 e. The molecule has 104 valence electrons. The number of aryl methyl sites for hydroxylation is 1. The van der Waals surface area contributed by atoms with Gasteiger partial charge in [-0.05, 0) is 31.5 Å². The highest BCUT2D eigenvalue weighted by molar-refractivity contribution is 5.94. The number of benzene rings is 1. The van der Waals surface area contributed by atoms with E-state index in [-0.39, 0.29) is 5.97 Å². The molecular formula is C16H18N2O2. The Morgan fingerprint density at radius 3 is 2.70 bits per heavy atom. The maximum Gasteiger partial charge on any atom is 0.341 e. The van der Waals surface area contributed by atoms with Crippen molar-refractivity contribution in [3.8, 4) is 0 Å². The van der Waals surface area contributed by atoms with Crippen molar-refractivity contribution in [1.82, 2.24) is 4.98 Å². The number of aromatic nitrogens is 1. The van der Waals surface area contributed by atoms with Crippen LogP contribution in [-0.2, 0) is 11.3 Å². The first-order valence-electron chi connectivity index (χ1n) is 6.62. The van der Waals surface area contributed by atoms with E-state index in [2.05, 4.69) is 41.5 Å². The number of nitrogens with zero attached hydrogens (tertiary/aromatic N) is 1. The zero-order valence-corrected chi connectivity index (χ0v) is 11.7. The van der Waals surface area contributed by atoms with Gasteiger partial charge in [-0.2, -0.15) is 0 Å². The Kier molecular flexibility index (Phi) is 4.71. The maximum atomic E-state index is 11.8. The molecule has 4 nitrogen and oxygen atoms in total. The van der Waals surface area contributed by atoms with Gasteiger partial charge in [0.05, 0.1) is 6.61 Å². The van der Waals surface area contributed by atoms with Gasteiger partial charge in [0, 0.05) is 12.7 Å². The number of anilines is 1. The van der Waals surface area contributed by atoms with E-state index in [1.165, 1.54) is 5.56 Å². The van der Waals surface area contributed by atoms with Gasteiger partial charge in [0.2, 0.25) is 0 Å². The summed E-state index contributed by atoms with van der Waals surface area (Å²) in [5, 5.41) is 3.18. The highest BCUT2D eigenvalue weighted by Gasteiger charge is 2.12. The van der Waals surface area contributed by atoms with Crippen molar-refractivity contribution in [2.24, 2.45) is 0 Å². The fourth-order valence-corrected chi connectivity index (χ4v) is 1.81. The molecule has 0 spiro atoms. The molecule has 1 aromatic heterocycles. The van der Waals surface area contributed by atoms with Crippen LogP contribution >= 0.6 is 0 Å². The van der Waals surface area contributed by atoms with E-state index in [9.17, 15) is 4.79 Å². The Balaban J connectivity index is 2.09. The summed E-state index contributed by atoms with van der Waals surface area (Å²) in [4.78, 5) is 16.0. The van der Waals surface area contributed by atoms with Gasteiger partial charge < -0.3 is 10.1 Å². The van der Waals surface area contributed by atoms with Crippen molar-refractivity contribution in [2.45, 2.75) is 20.4 Å². The van der Waals surface area contributed by atoms with E-state index in [4.69, 9.17) is 4.74 Å². The largest absolute Gasteiger partial charge is 0.462 e. The molecule has 0 fully saturated rings. The predicted molar refractivity (Wildman–Crippen MR) is 78.7 cm³/mol. The van der Waals surface area contributed by atoms with Crippen LogP contribution in [0.4, 0.5) is 5.82 Å². The quantitative estimate of drug-likeness (QED) is 0.848. The molecule has 0 bridgehead atoms. The van der Waals surface area contributed by atoms with Gasteiger partial charge in [-0.15, -0.1) is 0 Å². The van der Waals surface area contributed by atoms with Gasteiger partial charge in [-0.1, -0.05) is 29.8 Å². The van der Waals surface area contributed by atoms with Crippen LogP contribution in [0.15, 0.2) is 42.6 Å². The van der Waals surface area contributed by atoms with Crippen LogP contribution < -0.4 is 5.32 Å². The minimum atomic E-state index is -0.355. The molecule has 0 radical (unpaired) electrons. The van der Waals surface area contributed by atoms with Gasteiger partial charge in [-0.25, -0.2) is 9.78 Å². The summed E-state index contributed by atoms with van der Waals surface area (Å²) in [5.74, 6) is 0.193. The van der Waals surface area contributed by atoms with Crippen molar-refractivity contribution in [2.75, 3.05) is 11.9 Å². The van der Waals surface area contributed by atoms with Crippen LogP contribution in [-0.4, -0.2) is 17.6 Å². The molecule has 0 aliphatic rings. The summed E-state index contributed by atoms with van der Waals surface area (Å²) in [6.45, 7) is 4.80. The first-order chi connectivity index (χ1) is 9.70. The Morgan fingerprint density at radius 2 is 2.00 bits per heavy atom. The molecule has 1 aromatic carbocycles. The highest BCUT2D eigenvalue weighted by atomic mass is 16.5. The topological polar surface area (TPSA) is 51.2 Å². The third-order valence-corrected chi connectivity index (χ3v) is 2.88. The summed E-state index contributed by atoms with van der Waals surface area (Å²) in [6, 6.07) is 11.7. The molecule has 1 heterocycles. The summed E-state index contributed by atoms with van der Waals surface area (Å²) >= 11 is 0. The number of rotatable bonds is 5. The number of carbonyl (C=O) groups is 1. The van der Waals surface area contributed by atoms with Crippen molar-refractivity contribution in [3.63, 3.8) is 0 Å². The lowest BCUT2D eigenvalue weighted by Crippen LogP contribution is -2.11. The summed E-state index contributed by atoms with van der Waals surface area (Å²) in [6.07, 6.45) is 1.65. The summed E-state index contributed by atoms with van der Waals surface area (Å²) in [5.41, 5.74) is 2.82. The molecule has 2 rings (SSSR count). The van der Waals surface area contributed by atoms with Gasteiger partial charge in [-0.3, -0.25) is 0 Å². The molecule has 0 saturated heterocycles. The number of ether oxygens (including phenoxy) is 1. The van der Waals surface area contributed by atoms with Crippen LogP contribution in [0.25, 0.3) is 0 Å². The average molecular weight is 270 g/mol. The fourth-order valence-electron chi connectivity index (χ4n) is 1.81. The molecule has 0 unspecified atom stereocenters. The number of hydrogen-bond donors (Lipinski definition) is 1. The van der Waals surface area contributed by atoms with Crippen molar-refractivity contribution >= 4 is 11.8 Å². The fraction of sp³-hybridized carbons (Fsp3) is 0.250. The lowest BCUT2D eigenvalue weighted by atomic mass is 10.1. The zero-order chi connectivity index (χ0) is 14.4. The molecule has 20 heavy (non-hydrogen) atoms. The Hall–Kier alpha value is -2.36. The Labute approximate surface area is 118 Å². The summed E-state index contributed by atoms with van der Waals surface area (Å²) in [7, 11) is 0. The molecule has 0 aliphatic carbocycles. The van der Waals surface area contributed by atoms with Gasteiger partial charge >= 0.3 is 5.97 Å². The van der Waals surface area contributed by atoms with Crippen LogP contribution in [0.2, 0.25) is 0 Å². The zero-order valence-electron chi connectivity index (χ0n) is 11.7. The number of esters is 1. The molecule has 4 heteroatoms. The van der Waals surface area contributed by atoms with Crippen LogP contribution in [0.5, 0.6) is 0 Å². The SMILES string of the molecule is CCOC(=O)c1cccnc1NCc1ccc(C)cc1. The van der Waals surface area contributed by atoms with Crippen molar-refractivity contribution in [3.05, 3.63) is 59.3 Å². The molecule has 0 saturated carbocycles. The third kappa shape index (κ3) is 3.57. The maximum absolute atomic E-state index is 11.8. The standard InChI is InChI=1S/C16H18N2O2/c1-3-20-16(19)14-5-4-10-17-15(14)18-11-13-8-6-12(2)7-9-13/h4-10H,3,11H2,1-2H3,(H,17,18). The number of nitrogens with one attached hydrogen (secondary N) is 1. The average Bonchev–Trinajstić information content (AvgIpc) is 2.47. The van der Waals surface area contributed by atoms with E-state index < -0.39 is 0 Å². The normalized spacial score (nSPS) is 10.1. The number of hydrogen-bond acceptors (Lipinski definition) is 4. The first kappa shape index (κ1) is 14.1. The van der Waals surface area contributed by atoms with E-state index in [0.717, 1.165) is 5.56 Å². The lowest BCUT2D eigenvalue weighted by Gasteiger charge is -2.10. The van der Waals surface area contributed by atoms with E-state index in [1.807, 2.05) is 0 Å². The predicted octanol–water partition coefficient (Wildman–Crippen LogP) is 3.18. The second-order valence-corrected chi connectivity index (χ2v) is 4.46. The van der Waals surface area contributed by atoms with Crippen molar-refractivity contribution < 1.29 is 9.53 Å². The highest BCUT2D eigenvalue weighted by Crippen LogP contribution is 2.14. The van der Waals surface area contributed by atoms with Crippen molar-refractivity contribution in [1.29, 1.82) is 0 Å². The van der Waals surface area contributed by atoms with Crippen LogP contribution in [0, 0.1) is 6.92 Å². The molecule has 0 atom stereocenters. The molecule has 2 aromatic rings. The lowest BCUT2D eigenvalue weighted by molar-refractivity contribution is 0.0527. The second-order valence-electron chi connectivity index (χ2n) is 4.46.